The second-order valence-electron chi connectivity index (χ2n) is 8.39. The van der Waals surface area contributed by atoms with Crippen LogP contribution in [0.5, 0.6) is 0 Å². The van der Waals surface area contributed by atoms with Gasteiger partial charge in [0.2, 0.25) is 0 Å². The van der Waals surface area contributed by atoms with Gasteiger partial charge in [0.05, 0.1) is 12.5 Å². The molecule has 1 saturated heterocycles. The summed E-state index contributed by atoms with van der Waals surface area (Å²) in [5.41, 5.74) is 4.53. The number of likely N-dealkylation sites (tertiary alicyclic amines) is 1. The molecule has 0 radical (unpaired) electrons. The monoisotopic (exact) mass is 452 g/mol. The molecule has 1 aliphatic carbocycles. The van der Waals surface area contributed by atoms with Crippen LogP contribution in [-0.4, -0.2) is 67.4 Å². The first-order valence-corrected chi connectivity index (χ1v) is 11.1. The summed E-state index contributed by atoms with van der Waals surface area (Å²) in [5, 5.41) is 11.8. The van der Waals surface area contributed by atoms with Crippen LogP contribution in [-0.2, 0) is 19.1 Å². The first-order valence-electron chi connectivity index (χ1n) is 11.1. The maximum atomic E-state index is 12.8. The smallest absolute Gasteiger partial charge is 0.407 e. The standard InChI is InChI=1S/C25H28N2O6/c1-32-22(23(28)27-12-6-7-16(14-27)24(29)30)13-26-25(31)33-15-21-19-10-4-2-8-17(19)18-9-3-5-11-20(18)21/h2-5,8-11,16,21-22H,6-7,12-15H2,1H3,(H,26,31)(H,29,30). The number of benzene rings is 2. The van der Waals surface area contributed by atoms with Crippen molar-refractivity contribution in [3.05, 3.63) is 59.7 Å². The summed E-state index contributed by atoms with van der Waals surface area (Å²) in [4.78, 5) is 37.9. The number of amides is 2. The fourth-order valence-corrected chi connectivity index (χ4v) is 4.68. The molecule has 0 aromatic heterocycles. The van der Waals surface area contributed by atoms with Crippen molar-refractivity contribution in [2.45, 2.75) is 24.9 Å². The molecule has 174 valence electrons. The first-order chi connectivity index (χ1) is 16.0. The van der Waals surface area contributed by atoms with Gasteiger partial charge in [-0.2, -0.15) is 0 Å². The Kier molecular flexibility index (Phi) is 6.93. The van der Waals surface area contributed by atoms with E-state index in [1.807, 2.05) is 36.4 Å². The molecule has 2 aliphatic rings. The molecule has 0 saturated carbocycles. The highest BCUT2D eigenvalue weighted by Crippen LogP contribution is 2.44. The predicted molar refractivity (Wildman–Crippen MR) is 121 cm³/mol. The first kappa shape index (κ1) is 22.8. The van der Waals surface area contributed by atoms with Crippen molar-refractivity contribution in [2.75, 3.05) is 33.4 Å². The number of nitrogens with zero attached hydrogens (tertiary/aromatic N) is 1. The van der Waals surface area contributed by atoms with Gasteiger partial charge in [-0.25, -0.2) is 4.79 Å². The Hall–Kier alpha value is -3.39. The molecule has 2 amide bonds. The van der Waals surface area contributed by atoms with E-state index < -0.39 is 24.1 Å². The Balaban J connectivity index is 1.32. The molecule has 4 rings (SSSR count). The number of ether oxygens (including phenoxy) is 2. The largest absolute Gasteiger partial charge is 0.481 e. The van der Waals surface area contributed by atoms with Crippen LogP contribution in [0.1, 0.15) is 29.9 Å². The van der Waals surface area contributed by atoms with Crippen LogP contribution in [0.3, 0.4) is 0 Å². The molecule has 8 heteroatoms. The molecule has 2 aromatic carbocycles. The number of piperidine rings is 1. The molecule has 2 atom stereocenters. The number of carboxylic acids is 1. The quantitative estimate of drug-likeness (QED) is 0.669. The van der Waals surface area contributed by atoms with Crippen molar-refractivity contribution in [2.24, 2.45) is 5.92 Å². The minimum Gasteiger partial charge on any atom is -0.481 e. The van der Waals surface area contributed by atoms with E-state index in [4.69, 9.17) is 9.47 Å². The van der Waals surface area contributed by atoms with Crippen molar-refractivity contribution in [3.63, 3.8) is 0 Å². The van der Waals surface area contributed by atoms with E-state index in [9.17, 15) is 19.5 Å². The van der Waals surface area contributed by atoms with E-state index in [1.165, 1.54) is 12.0 Å². The average Bonchev–Trinajstić information content (AvgIpc) is 3.16. The van der Waals surface area contributed by atoms with Gasteiger partial charge in [-0.15, -0.1) is 0 Å². The summed E-state index contributed by atoms with van der Waals surface area (Å²) in [7, 11) is 1.39. The minimum absolute atomic E-state index is 0.0516. The second kappa shape index (κ2) is 10.0. The lowest BCUT2D eigenvalue weighted by Gasteiger charge is -2.33. The van der Waals surface area contributed by atoms with Crippen molar-refractivity contribution in [3.8, 4) is 11.1 Å². The zero-order valence-corrected chi connectivity index (χ0v) is 18.5. The Morgan fingerprint density at radius 2 is 1.73 bits per heavy atom. The van der Waals surface area contributed by atoms with Gasteiger partial charge < -0.3 is 24.8 Å². The van der Waals surface area contributed by atoms with Crippen molar-refractivity contribution in [1.82, 2.24) is 10.2 Å². The number of hydrogen-bond acceptors (Lipinski definition) is 5. The molecule has 2 aromatic rings. The lowest BCUT2D eigenvalue weighted by Crippen LogP contribution is -2.50. The molecule has 0 bridgehead atoms. The Morgan fingerprint density at radius 1 is 1.09 bits per heavy atom. The summed E-state index contributed by atoms with van der Waals surface area (Å²) in [6.45, 7) is 0.754. The third-order valence-corrected chi connectivity index (χ3v) is 6.42. The summed E-state index contributed by atoms with van der Waals surface area (Å²) in [6.07, 6.45) is -0.361. The van der Waals surface area contributed by atoms with Crippen LogP contribution in [0, 0.1) is 5.92 Å². The number of nitrogens with one attached hydrogen (secondary N) is 1. The van der Waals surface area contributed by atoms with Gasteiger partial charge in [0.1, 0.15) is 6.61 Å². The zero-order valence-electron chi connectivity index (χ0n) is 18.5. The fraction of sp³-hybridized carbons (Fsp3) is 0.400. The van der Waals surface area contributed by atoms with Crippen molar-refractivity contribution < 1.29 is 29.0 Å². The van der Waals surface area contributed by atoms with Gasteiger partial charge in [-0.1, -0.05) is 48.5 Å². The number of aliphatic carboxylic acids is 1. The summed E-state index contributed by atoms with van der Waals surface area (Å²) < 4.78 is 10.8. The normalized spacial score (nSPS) is 18.2. The highest BCUT2D eigenvalue weighted by molar-refractivity contribution is 5.83. The zero-order chi connectivity index (χ0) is 23.4. The molecule has 33 heavy (non-hydrogen) atoms. The molecule has 1 fully saturated rings. The minimum atomic E-state index is -0.905. The van der Waals surface area contributed by atoms with Gasteiger partial charge in [0, 0.05) is 26.1 Å². The molecule has 1 aliphatic heterocycles. The van der Waals surface area contributed by atoms with Crippen molar-refractivity contribution in [1.29, 1.82) is 0 Å². The Morgan fingerprint density at radius 3 is 2.33 bits per heavy atom. The Bertz CT molecular complexity index is 994. The number of alkyl carbamates (subject to hydrolysis) is 1. The van der Waals surface area contributed by atoms with E-state index in [2.05, 4.69) is 17.4 Å². The number of carbonyl (C=O) groups excluding carboxylic acids is 2. The lowest BCUT2D eigenvalue weighted by molar-refractivity contribution is -0.149. The van der Waals surface area contributed by atoms with Crippen LogP contribution >= 0.6 is 0 Å². The van der Waals surface area contributed by atoms with Gasteiger partial charge in [0.15, 0.2) is 6.10 Å². The van der Waals surface area contributed by atoms with Gasteiger partial charge in [0.25, 0.3) is 5.91 Å². The van der Waals surface area contributed by atoms with Crippen LogP contribution in [0.15, 0.2) is 48.5 Å². The topological polar surface area (TPSA) is 105 Å². The number of carboxylic acid groups (broad SMARTS) is 1. The van der Waals surface area contributed by atoms with Crippen LogP contribution < -0.4 is 5.32 Å². The molecule has 2 unspecified atom stereocenters. The van der Waals surface area contributed by atoms with Gasteiger partial charge in [-0.05, 0) is 35.1 Å². The third kappa shape index (κ3) is 4.85. The Labute approximate surface area is 192 Å². The van der Waals surface area contributed by atoms with Crippen LogP contribution in [0.2, 0.25) is 0 Å². The molecular weight excluding hydrogens is 424 g/mol. The van der Waals surface area contributed by atoms with E-state index in [0.717, 1.165) is 22.3 Å². The highest BCUT2D eigenvalue weighted by atomic mass is 16.5. The number of hydrogen-bond donors (Lipinski definition) is 2. The second-order valence-corrected chi connectivity index (χ2v) is 8.39. The number of methoxy groups -OCH3 is 1. The van der Waals surface area contributed by atoms with E-state index >= 15 is 0 Å². The molecule has 2 N–H and O–H groups in total. The maximum absolute atomic E-state index is 12.8. The number of rotatable bonds is 7. The van der Waals surface area contributed by atoms with Crippen molar-refractivity contribution >= 4 is 18.0 Å². The summed E-state index contributed by atoms with van der Waals surface area (Å²) >= 11 is 0. The highest BCUT2D eigenvalue weighted by Gasteiger charge is 2.32. The SMILES string of the molecule is COC(CNC(=O)OCC1c2ccccc2-c2ccccc21)C(=O)N1CCCC(C(=O)O)C1. The molecule has 8 nitrogen and oxygen atoms in total. The predicted octanol–water partition coefficient (Wildman–Crippen LogP) is 2.86. The van der Waals surface area contributed by atoms with Gasteiger partial charge in [-0.3, -0.25) is 9.59 Å². The number of carbonyl (C=O) groups is 3. The molecular formula is C25H28N2O6. The van der Waals surface area contributed by atoms with E-state index in [0.29, 0.717) is 19.4 Å². The summed E-state index contributed by atoms with van der Waals surface area (Å²) in [5.74, 6) is -1.86. The third-order valence-electron chi connectivity index (χ3n) is 6.42. The fourth-order valence-electron chi connectivity index (χ4n) is 4.68. The van der Waals surface area contributed by atoms with Crippen LogP contribution in [0.25, 0.3) is 11.1 Å². The van der Waals surface area contributed by atoms with E-state index in [1.54, 1.807) is 0 Å². The average molecular weight is 453 g/mol. The van der Waals surface area contributed by atoms with Gasteiger partial charge >= 0.3 is 12.1 Å². The summed E-state index contributed by atoms with van der Waals surface area (Å²) in [6, 6.07) is 16.2. The lowest BCUT2D eigenvalue weighted by atomic mass is 9.98. The van der Waals surface area contributed by atoms with Crippen LogP contribution in [0.4, 0.5) is 4.79 Å². The molecule has 0 spiro atoms. The van der Waals surface area contributed by atoms with E-state index in [-0.39, 0.29) is 31.5 Å². The number of fused-ring (bicyclic) bond motifs is 3. The molecule has 1 heterocycles. The maximum Gasteiger partial charge on any atom is 0.407 e.